The molecule has 0 radical (unpaired) electrons. The third-order valence-electron chi connectivity index (χ3n) is 1.63. The summed E-state index contributed by atoms with van der Waals surface area (Å²) in [5, 5.41) is 13.2. The number of amides is 2. The minimum Gasteiger partial charge on any atom is -0.481 e. The van der Waals surface area contributed by atoms with E-state index in [1.165, 1.54) is 6.08 Å². The lowest BCUT2D eigenvalue weighted by molar-refractivity contribution is -0.137. The number of carboxylic acids is 1. The number of hydrogen-bond donors (Lipinski definition) is 3. The highest BCUT2D eigenvalue weighted by molar-refractivity contribution is 5.75. The Morgan fingerprint density at radius 2 is 2.20 bits per heavy atom. The van der Waals surface area contributed by atoms with Crippen molar-refractivity contribution >= 4 is 18.1 Å². The number of aliphatic imine (C=N–C) groups is 1. The van der Waals surface area contributed by atoms with E-state index >= 15 is 0 Å². The van der Waals surface area contributed by atoms with Crippen molar-refractivity contribution in [3.05, 3.63) is 0 Å². The van der Waals surface area contributed by atoms with Crippen LogP contribution in [0, 0.1) is 0 Å². The van der Waals surface area contributed by atoms with Gasteiger partial charge < -0.3 is 15.7 Å². The van der Waals surface area contributed by atoms with Crippen LogP contribution in [0.15, 0.2) is 4.99 Å². The van der Waals surface area contributed by atoms with Gasteiger partial charge in [0.05, 0.1) is 6.42 Å². The Labute approximate surface area is 86.6 Å². The summed E-state index contributed by atoms with van der Waals surface area (Å²) >= 11 is 0. The highest BCUT2D eigenvalue weighted by atomic mass is 16.4. The maximum absolute atomic E-state index is 11.1. The summed E-state index contributed by atoms with van der Waals surface area (Å²) < 4.78 is 0. The van der Waals surface area contributed by atoms with Gasteiger partial charge in [0.15, 0.2) is 0 Å². The summed E-state index contributed by atoms with van der Waals surface area (Å²) in [5.41, 5.74) is 0. The summed E-state index contributed by atoms with van der Waals surface area (Å²) in [4.78, 5) is 34.2. The van der Waals surface area contributed by atoms with Crippen LogP contribution in [0.3, 0.4) is 0 Å². The van der Waals surface area contributed by atoms with Crippen LogP contribution in [-0.2, 0) is 9.59 Å². The summed E-state index contributed by atoms with van der Waals surface area (Å²) in [6, 6.07) is -0.982. The van der Waals surface area contributed by atoms with Gasteiger partial charge in [0, 0.05) is 6.04 Å². The second-order valence-corrected chi connectivity index (χ2v) is 2.76. The van der Waals surface area contributed by atoms with Gasteiger partial charge in [0.2, 0.25) is 6.08 Å². The maximum atomic E-state index is 11.1. The molecule has 15 heavy (non-hydrogen) atoms. The second kappa shape index (κ2) is 7.52. The standard InChI is InChI=1S/C8H13N3O4/c1-2-6(3-7(13)14)11-8(15)10-4-9-5-12/h6H,2-4H2,1H3,(H,13,14)(H2,10,11,15). The molecule has 0 fully saturated rings. The highest BCUT2D eigenvalue weighted by Gasteiger charge is 2.13. The number of urea groups is 1. The zero-order chi connectivity index (χ0) is 11.7. The van der Waals surface area contributed by atoms with Gasteiger partial charge in [-0.3, -0.25) is 4.79 Å². The molecule has 1 atom stereocenters. The van der Waals surface area contributed by atoms with Crippen LogP contribution in [0.4, 0.5) is 4.79 Å². The molecule has 0 aliphatic carbocycles. The lowest BCUT2D eigenvalue weighted by atomic mass is 10.1. The third-order valence-corrected chi connectivity index (χ3v) is 1.63. The average Bonchev–Trinajstić information content (AvgIpc) is 2.16. The molecule has 0 aliphatic rings. The summed E-state index contributed by atoms with van der Waals surface area (Å²) in [6.45, 7) is 1.59. The van der Waals surface area contributed by atoms with Crippen LogP contribution < -0.4 is 10.6 Å². The highest BCUT2D eigenvalue weighted by Crippen LogP contribution is 1.96. The van der Waals surface area contributed by atoms with Gasteiger partial charge in [-0.25, -0.2) is 9.59 Å². The van der Waals surface area contributed by atoms with E-state index in [1.54, 1.807) is 6.92 Å². The molecule has 0 aromatic heterocycles. The Hall–Kier alpha value is -1.88. The summed E-state index contributed by atoms with van der Waals surface area (Å²) in [5.74, 6) is -0.979. The van der Waals surface area contributed by atoms with E-state index in [1.807, 2.05) is 0 Å². The molecule has 0 saturated heterocycles. The van der Waals surface area contributed by atoms with Crippen molar-refractivity contribution in [3.63, 3.8) is 0 Å². The number of carboxylic acid groups (broad SMARTS) is 1. The van der Waals surface area contributed by atoms with E-state index in [-0.39, 0.29) is 13.1 Å². The molecule has 0 saturated carbocycles. The predicted molar refractivity (Wildman–Crippen MR) is 51.0 cm³/mol. The number of rotatable bonds is 6. The van der Waals surface area contributed by atoms with Gasteiger partial charge in [-0.2, -0.15) is 4.99 Å². The molecule has 0 bridgehead atoms. The quantitative estimate of drug-likeness (QED) is 0.422. The molecular formula is C8H13N3O4. The van der Waals surface area contributed by atoms with Crippen LogP contribution in [-0.4, -0.2) is 35.9 Å². The van der Waals surface area contributed by atoms with Crippen molar-refractivity contribution in [1.82, 2.24) is 10.6 Å². The molecule has 84 valence electrons. The molecular weight excluding hydrogens is 202 g/mol. The SMILES string of the molecule is CCC(CC(=O)O)NC(=O)NCN=C=O. The number of aliphatic carboxylic acids is 1. The van der Waals surface area contributed by atoms with Crippen LogP contribution in [0.5, 0.6) is 0 Å². The number of nitrogens with zero attached hydrogens (tertiary/aromatic N) is 1. The Morgan fingerprint density at radius 3 is 2.67 bits per heavy atom. The van der Waals surface area contributed by atoms with Crippen molar-refractivity contribution in [2.75, 3.05) is 6.67 Å². The molecule has 0 spiro atoms. The van der Waals surface area contributed by atoms with Crippen molar-refractivity contribution in [1.29, 1.82) is 0 Å². The number of carbonyl (C=O) groups is 2. The van der Waals surface area contributed by atoms with Gasteiger partial charge in [-0.05, 0) is 6.42 Å². The normalized spacial score (nSPS) is 11.0. The minimum absolute atomic E-state index is 0.138. The van der Waals surface area contributed by atoms with Crippen molar-refractivity contribution in [2.45, 2.75) is 25.8 Å². The lowest BCUT2D eigenvalue weighted by Crippen LogP contribution is -2.42. The zero-order valence-corrected chi connectivity index (χ0v) is 8.32. The molecule has 2 amide bonds. The Kier molecular flexibility index (Phi) is 6.57. The number of hydrogen-bond acceptors (Lipinski definition) is 4. The zero-order valence-electron chi connectivity index (χ0n) is 8.32. The smallest absolute Gasteiger partial charge is 0.316 e. The lowest BCUT2D eigenvalue weighted by Gasteiger charge is -2.14. The van der Waals surface area contributed by atoms with E-state index in [9.17, 15) is 14.4 Å². The predicted octanol–water partition coefficient (Wildman–Crippen LogP) is -0.168. The molecule has 0 heterocycles. The van der Waals surface area contributed by atoms with Gasteiger partial charge in [-0.1, -0.05) is 6.92 Å². The van der Waals surface area contributed by atoms with E-state index in [4.69, 9.17) is 5.11 Å². The first kappa shape index (κ1) is 13.1. The van der Waals surface area contributed by atoms with E-state index in [0.717, 1.165) is 0 Å². The first-order chi connectivity index (χ1) is 7.10. The van der Waals surface area contributed by atoms with E-state index in [2.05, 4.69) is 15.6 Å². The number of carbonyl (C=O) groups excluding carboxylic acids is 2. The van der Waals surface area contributed by atoms with Crippen LogP contribution in [0.2, 0.25) is 0 Å². The van der Waals surface area contributed by atoms with Gasteiger partial charge in [-0.15, -0.1) is 0 Å². The maximum Gasteiger partial charge on any atom is 0.316 e. The Balaban J connectivity index is 3.89. The van der Waals surface area contributed by atoms with Gasteiger partial charge in [0.1, 0.15) is 6.67 Å². The van der Waals surface area contributed by atoms with Gasteiger partial charge in [0.25, 0.3) is 0 Å². The summed E-state index contributed by atoms with van der Waals surface area (Å²) in [6.07, 6.45) is 1.63. The fourth-order valence-electron chi connectivity index (χ4n) is 0.888. The molecule has 3 N–H and O–H groups in total. The molecule has 0 rings (SSSR count). The Bertz CT molecular complexity index is 273. The molecule has 7 nitrogen and oxygen atoms in total. The average molecular weight is 215 g/mol. The molecule has 0 aromatic carbocycles. The largest absolute Gasteiger partial charge is 0.481 e. The fourth-order valence-corrected chi connectivity index (χ4v) is 0.888. The topological polar surface area (TPSA) is 108 Å². The Morgan fingerprint density at radius 1 is 1.53 bits per heavy atom. The van der Waals surface area contributed by atoms with Gasteiger partial charge >= 0.3 is 12.0 Å². The number of isocyanates is 1. The van der Waals surface area contributed by atoms with Crippen LogP contribution >= 0.6 is 0 Å². The first-order valence-corrected chi connectivity index (χ1v) is 4.40. The molecule has 0 aliphatic heterocycles. The van der Waals surface area contributed by atoms with Crippen LogP contribution in [0.1, 0.15) is 19.8 Å². The fraction of sp³-hybridized carbons (Fsp3) is 0.625. The van der Waals surface area contributed by atoms with Crippen molar-refractivity contribution in [2.24, 2.45) is 4.99 Å². The summed E-state index contributed by atoms with van der Waals surface area (Å²) in [7, 11) is 0. The minimum atomic E-state index is -0.979. The first-order valence-electron chi connectivity index (χ1n) is 4.40. The monoisotopic (exact) mass is 215 g/mol. The van der Waals surface area contributed by atoms with E-state index < -0.39 is 18.0 Å². The van der Waals surface area contributed by atoms with E-state index in [0.29, 0.717) is 6.42 Å². The molecule has 7 heteroatoms. The van der Waals surface area contributed by atoms with Crippen molar-refractivity contribution < 1.29 is 19.5 Å². The molecule has 0 aromatic rings. The molecule has 1 unspecified atom stereocenters. The third kappa shape index (κ3) is 7.21. The number of nitrogens with one attached hydrogen (secondary N) is 2. The van der Waals surface area contributed by atoms with Crippen LogP contribution in [0.25, 0.3) is 0 Å². The second-order valence-electron chi connectivity index (χ2n) is 2.76. The van der Waals surface area contributed by atoms with Crippen molar-refractivity contribution in [3.8, 4) is 0 Å².